The summed E-state index contributed by atoms with van der Waals surface area (Å²) >= 11 is 5.98. The molecule has 1 heterocycles. The standard InChI is InChI=1S/C24H20ClNO7/c1-9-20(30)18(11(3)27)22-19(21(9)31)24(4)16(33-22)8-15(29)17(23(24)32)10(2)26-13-7-12(25)5-6-14(13)28/h5-8,26,28,30-31H,1-4H3. The first-order valence-corrected chi connectivity index (χ1v) is 10.3. The predicted octanol–water partition coefficient (Wildman–Crippen LogP) is 4.04. The van der Waals surface area contributed by atoms with Crippen molar-refractivity contribution in [3.8, 4) is 23.0 Å². The van der Waals surface area contributed by atoms with E-state index in [1.165, 1.54) is 45.9 Å². The number of rotatable bonds is 3. The number of nitrogens with one attached hydrogen (secondary N) is 1. The molecule has 1 unspecified atom stereocenters. The van der Waals surface area contributed by atoms with Crippen molar-refractivity contribution in [1.29, 1.82) is 0 Å². The van der Waals surface area contributed by atoms with Gasteiger partial charge in [-0.15, -0.1) is 0 Å². The molecular weight excluding hydrogens is 450 g/mol. The Labute approximate surface area is 193 Å². The minimum Gasteiger partial charge on any atom is -0.507 e. The number of phenols is 3. The molecule has 0 spiro atoms. The van der Waals surface area contributed by atoms with Gasteiger partial charge in [0.05, 0.1) is 16.8 Å². The van der Waals surface area contributed by atoms with Gasteiger partial charge in [-0.25, -0.2) is 0 Å². The van der Waals surface area contributed by atoms with E-state index < -0.39 is 34.3 Å². The van der Waals surface area contributed by atoms with Gasteiger partial charge < -0.3 is 25.4 Å². The smallest absolute Gasteiger partial charge is 0.194 e. The molecule has 4 N–H and O–H groups in total. The Hall–Kier alpha value is -3.78. The fraction of sp³-hybridized carbons (Fsp3) is 0.208. The van der Waals surface area contributed by atoms with Crippen LogP contribution in [-0.2, 0) is 15.0 Å². The Morgan fingerprint density at radius 3 is 2.42 bits per heavy atom. The molecule has 0 amide bonds. The van der Waals surface area contributed by atoms with Crippen molar-refractivity contribution in [2.24, 2.45) is 0 Å². The lowest BCUT2D eigenvalue weighted by Crippen LogP contribution is -2.40. The van der Waals surface area contributed by atoms with Gasteiger partial charge in [-0.05, 0) is 45.9 Å². The normalized spacial score (nSPS) is 20.6. The first kappa shape index (κ1) is 22.4. The Bertz CT molecular complexity index is 1360. The van der Waals surface area contributed by atoms with Crippen molar-refractivity contribution in [3.05, 3.63) is 63.0 Å². The Balaban J connectivity index is 1.93. The van der Waals surface area contributed by atoms with Gasteiger partial charge in [-0.2, -0.15) is 0 Å². The van der Waals surface area contributed by atoms with Crippen LogP contribution in [-0.4, -0.2) is 32.7 Å². The molecular formula is C24H20ClNO7. The van der Waals surface area contributed by atoms with Crippen LogP contribution in [0.3, 0.4) is 0 Å². The molecule has 0 bridgehead atoms. The van der Waals surface area contributed by atoms with Gasteiger partial charge in [0.1, 0.15) is 39.7 Å². The lowest BCUT2D eigenvalue weighted by atomic mass is 9.70. The summed E-state index contributed by atoms with van der Waals surface area (Å²) in [5.74, 6) is -3.07. The first-order chi connectivity index (χ1) is 15.4. The summed E-state index contributed by atoms with van der Waals surface area (Å²) < 4.78 is 5.72. The molecule has 1 aliphatic heterocycles. The highest BCUT2D eigenvalue weighted by atomic mass is 35.5. The van der Waals surface area contributed by atoms with Gasteiger partial charge in [0.2, 0.25) is 0 Å². The minimum absolute atomic E-state index is 0.00246. The van der Waals surface area contributed by atoms with Crippen LogP contribution in [0.4, 0.5) is 5.69 Å². The van der Waals surface area contributed by atoms with Crippen LogP contribution < -0.4 is 10.1 Å². The van der Waals surface area contributed by atoms with Crippen molar-refractivity contribution in [2.45, 2.75) is 33.1 Å². The van der Waals surface area contributed by atoms with Crippen LogP contribution in [0.25, 0.3) is 0 Å². The van der Waals surface area contributed by atoms with Gasteiger partial charge in [0.15, 0.2) is 17.3 Å². The maximum atomic E-state index is 13.7. The number of hydrogen-bond acceptors (Lipinski definition) is 8. The van der Waals surface area contributed by atoms with E-state index in [1.807, 2.05) is 0 Å². The van der Waals surface area contributed by atoms with Gasteiger partial charge >= 0.3 is 0 Å². The number of ether oxygens (including phenoxy) is 1. The monoisotopic (exact) mass is 469 g/mol. The number of aromatic hydroxyl groups is 3. The fourth-order valence-corrected chi connectivity index (χ4v) is 4.41. The summed E-state index contributed by atoms with van der Waals surface area (Å²) in [6.07, 6.45) is 1.12. The lowest BCUT2D eigenvalue weighted by molar-refractivity contribution is -0.123. The van der Waals surface area contributed by atoms with Crippen molar-refractivity contribution < 1.29 is 34.4 Å². The van der Waals surface area contributed by atoms with E-state index in [0.717, 1.165) is 6.08 Å². The fourth-order valence-electron chi connectivity index (χ4n) is 4.24. The van der Waals surface area contributed by atoms with E-state index in [4.69, 9.17) is 16.3 Å². The number of carbonyl (C=O) groups is 3. The van der Waals surface area contributed by atoms with Crippen molar-refractivity contribution >= 4 is 34.6 Å². The lowest BCUT2D eigenvalue weighted by Gasteiger charge is -2.29. The third-order valence-corrected chi connectivity index (χ3v) is 6.28. The van der Waals surface area contributed by atoms with E-state index in [2.05, 4.69) is 5.32 Å². The van der Waals surface area contributed by atoms with Crippen LogP contribution in [0.5, 0.6) is 23.0 Å². The quantitative estimate of drug-likeness (QED) is 0.229. The van der Waals surface area contributed by atoms with Gasteiger partial charge in [-0.1, -0.05) is 11.6 Å². The predicted molar refractivity (Wildman–Crippen MR) is 120 cm³/mol. The molecule has 170 valence electrons. The SMILES string of the molecule is CC(=O)c1c(O)c(C)c(O)c2c1OC1=CC(=O)C(=C(C)Nc3cc(Cl)ccc3O)C(=O)C12C. The maximum Gasteiger partial charge on any atom is 0.194 e. The zero-order chi connectivity index (χ0) is 24.4. The van der Waals surface area contributed by atoms with Crippen LogP contribution >= 0.6 is 11.6 Å². The van der Waals surface area contributed by atoms with E-state index in [1.54, 1.807) is 0 Å². The summed E-state index contributed by atoms with van der Waals surface area (Å²) in [6.45, 7) is 5.60. The average Bonchev–Trinajstić information content (AvgIpc) is 3.02. The highest BCUT2D eigenvalue weighted by Crippen LogP contribution is 2.57. The Morgan fingerprint density at radius 2 is 1.79 bits per heavy atom. The summed E-state index contributed by atoms with van der Waals surface area (Å²) in [5.41, 5.74) is -1.66. The molecule has 0 saturated heterocycles. The van der Waals surface area contributed by atoms with Gasteiger partial charge in [-0.3, -0.25) is 14.4 Å². The second-order valence-electron chi connectivity index (χ2n) is 8.17. The minimum atomic E-state index is -1.62. The topological polar surface area (TPSA) is 133 Å². The number of anilines is 1. The van der Waals surface area contributed by atoms with E-state index in [0.29, 0.717) is 5.02 Å². The first-order valence-electron chi connectivity index (χ1n) is 9.95. The molecule has 2 aliphatic rings. The third kappa shape index (κ3) is 3.09. The molecule has 1 aliphatic carbocycles. The number of phenolic OH excluding ortho intramolecular Hbond substituents is 3. The maximum absolute atomic E-state index is 13.7. The molecule has 33 heavy (non-hydrogen) atoms. The molecule has 2 aromatic rings. The van der Waals surface area contributed by atoms with Crippen LogP contribution in [0.1, 0.15) is 42.3 Å². The molecule has 8 nitrogen and oxygen atoms in total. The van der Waals surface area contributed by atoms with E-state index >= 15 is 0 Å². The molecule has 0 radical (unpaired) electrons. The van der Waals surface area contributed by atoms with Gasteiger partial charge in [0, 0.05) is 22.4 Å². The molecule has 0 aromatic heterocycles. The number of halogens is 1. The summed E-state index contributed by atoms with van der Waals surface area (Å²) in [7, 11) is 0. The number of ketones is 3. The number of allylic oxidation sites excluding steroid dienone is 4. The second-order valence-corrected chi connectivity index (χ2v) is 8.61. The van der Waals surface area contributed by atoms with Crippen LogP contribution in [0.15, 0.2) is 41.3 Å². The molecule has 0 saturated carbocycles. The third-order valence-electron chi connectivity index (χ3n) is 6.04. The Morgan fingerprint density at radius 1 is 1.12 bits per heavy atom. The van der Waals surface area contributed by atoms with Crippen molar-refractivity contribution in [1.82, 2.24) is 0 Å². The molecule has 0 fully saturated rings. The Kier molecular flexibility index (Phi) is 5.01. The van der Waals surface area contributed by atoms with E-state index in [9.17, 15) is 29.7 Å². The number of Topliss-reactive ketones (excluding diaryl/α,β-unsaturated/α-hetero) is 2. The average molecular weight is 470 g/mol. The van der Waals surface area contributed by atoms with E-state index in [-0.39, 0.29) is 50.9 Å². The number of carbonyl (C=O) groups excluding carboxylic acids is 3. The molecule has 1 atom stereocenters. The summed E-state index contributed by atoms with van der Waals surface area (Å²) in [5, 5.41) is 34.5. The van der Waals surface area contributed by atoms with Crippen molar-refractivity contribution in [2.75, 3.05) is 5.32 Å². The number of benzene rings is 2. The molecule has 2 aromatic carbocycles. The zero-order valence-electron chi connectivity index (χ0n) is 18.2. The summed E-state index contributed by atoms with van der Waals surface area (Å²) in [4.78, 5) is 38.9. The highest BCUT2D eigenvalue weighted by molar-refractivity contribution is 6.32. The second kappa shape index (κ2) is 7.38. The largest absolute Gasteiger partial charge is 0.507 e. The zero-order valence-corrected chi connectivity index (χ0v) is 18.9. The summed E-state index contributed by atoms with van der Waals surface area (Å²) in [6, 6.07) is 4.29. The van der Waals surface area contributed by atoms with Crippen LogP contribution in [0, 0.1) is 6.92 Å². The number of fused-ring (bicyclic) bond motifs is 3. The van der Waals surface area contributed by atoms with Gasteiger partial charge in [0.25, 0.3) is 0 Å². The molecule has 9 heteroatoms. The van der Waals surface area contributed by atoms with Crippen molar-refractivity contribution in [3.63, 3.8) is 0 Å². The van der Waals surface area contributed by atoms with Crippen LogP contribution in [0.2, 0.25) is 5.02 Å². The molecule has 4 rings (SSSR count). The number of hydrogen-bond donors (Lipinski definition) is 4. The highest BCUT2D eigenvalue weighted by Gasteiger charge is 2.56.